The van der Waals surface area contributed by atoms with Crippen molar-refractivity contribution in [3.63, 3.8) is 0 Å². The second-order valence-corrected chi connectivity index (χ2v) is 3.89. The molecule has 1 N–H and O–H groups in total. The minimum atomic E-state index is -0.886. The number of aromatic nitrogens is 2. The Kier molecular flexibility index (Phi) is 3.56. The Labute approximate surface area is 108 Å². The van der Waals surface area contributed by atoms with E-state index in [4.69, 9.17) is 5.11 Å². The number of carboxylic acid groups (broad SMARTS) is 1. The highest BCUT2D eigenvalue weighted by molar-refractivity contribution is 5.66. The average molecular weight is 261 g/mol. The van der Waals surface area contributed by atoms with E-state index in [1.54, 1.807) is 29.1 Å². The molecule has 19 heavy (non-hydrogen) atoms. The van der Waals surface area contributed by atoms with E-state index in [9.17, 15) is 14.9 Å². The summed E-state index contributed by atoms with van der Waals surface area (Å²) in [7, 11) is 0. The molecule has 0 radical (unpaired) electrons. The number of rotatable bonds is 5. The molecule has 7 heteroatoms. The first-order chi connectivity index (χ1) is 9.08. The molecule has 7 nitrogen and oxygen atoms in total. The van der Waals surface area contributed by atoms with Crippen LogP contribution in [0.2, 0.25) is 0 Å². The Balaban J connectivity index is 2.24. The second-order valence-electron chi connectivity index (χ2n) is 3.89. The lowest BCUT2D eigenvalue weighted by Gasteiger charge is -2.06. The molecule has 0 saturated carbocycles. The molecule has 1 aromatic carbocycles. The molecule has 0 aliphatic rings. The molecule has 0 amide bonds. The molecular weight excluding hydrogens is 250 g/mol. The van der Waals surface area contributed by atoms with Gasteiger partial charge in [-0.05, 0) is 12.1 Å². The van der Waals surface area contributed by atoms with Gasteiger partial charge in [-0.2, -0.15) is 0 Å². The van der Waals surface area contributed by atoms with Gasteiger partial charge in [0.25, 0.3) is 5.69 Å². The topological polar surface area (TPSA) is 98.3 Å². The third-order valence-electron chi connectivity index (χ3n) is 2.62. The van der Waals surface area contributed by atoms with Crippen molar-refractivity contribution in [1.29, 1.82) is 0 Å². The van der Waals surface area contributed by atoms with Crippen molar-refractivity contribution in [3.05, 3.63) is 46.8 Å². The summed E-state index contributed by atoms with van der Waals surface area (Å²) in [5, 5.41) is 19.2. The van der Waals surface area contributed by atoms with E-state index in [0.717, 1.165) is 0 Å². The van der Waals surface area contributed by atoms with E-state index < -0.39 is 10.9 Å². The summed E-state index contributed by atoms with van der Waals surface area (Å²) in [6, 6.07) is 5.98. The van der Waals surface area contributed by atoms with Gasteiger partial charge in [0.2, 0.25) is 0 Å². The summed E-state index contributed by atoms with van der Waals surface area (Å²) < 4.78 is 1.70. The minimum Gasteiger partial charge on any atom is -0.481 e. The van der Waals surface area contributed by atoms with E-state index in [-0.39, 0.29) is 12.1 Å². The van der Waals surface area contributed by atoms with Gasteiger partial charge in [-0.15, -0.1) is 0 Å². The van der Waals surface area contributed by atoms with Crippen LogP contribution in [0.15, 0.2) is 36.7 Å². The number of aliphatic carboxylic acids is 1. The number of nitro groups is 1. The van der Waals surface area contributed by atoms with Crippen LogP contribution < -0.4 is 0 Å². The Hall–Kier alpha value is -2.70. The van der Waals surface area contributed by atoms with Crippen molar-refractivity contribution in [2.24, 2.45) is 0 Å². The van der Waals surface area contributed by atoms with Gasteiger partial charge in [0, 0.05) is 36.6 Å². The SMILES string of the molecule is O=C(O)CCn1ccnc1-c1ccc([N+](=O)[O-])cc1. The zero-order valence-electron chi connectivity index (χ0n) is 9.89. The molecule has 1 heterocycles. The van der Waals surface area contributed by atoms with Crippen LogP contribution in [0.4, 0.5) is 5.69 Å². The summed E-state index contributed by atoms with van der Waals surface area (Å²) in [6.45, 7) is 0.307. The Morgan fingerprint density at radius 1 is 1.37 bits per heavy atom. The lowest BCUT2D eigenvalue weighted by molar-refractivity contribution is -0.384. The molecule has 2 rings (SSSR count). The standard InChI is InChI=1S/C12H11N3O4/c16-11(17)5-7-14-8-6-13-12(14)9-1-3-10(4-2-9)15(18)19/h1-4,6,8H,5,7H2,(H,16,17). The second kappa shape index (κ2) is 5.30. The highest BCUT2D eigenvalue weighted by Gasteiger charge is 2.10. The molecule has 0 spiro atoms. The summed E-state index contributed by atoms with van der Waals surface area (Å²) in [6.07, 6.45) is 3.24. The number of imidazole rings is 1. The van der Waals surface area contributed by atoms with Crippen LogP contribution in [0.25, 0.3) is 11.4 Å². The predicted molar refractivity (Wildman–Crippen MR) is 66.6 cm³/mol. The average Bonchev–Trinajstić information content (AvgIpc) is 2.84. The maximum atomic E-state index is 10.6. The van der Waals surface area contributed by atoms with Gasteiger partial charge in [0.15, 0.2) is 0 Å². The number of aryl methyl sites for hydroxylation is 1. The molecule has 0 saturated heterocycles. The normalized spacial score (nSPS) is 10.3. The van der Waals surface area contributed by atoms with Crippen molar-refractivity contribution >= 4 is 11.7 Å². The van der Waals surface area contributed by atoms with Gasteiger partial charge in [0.05, 0.1) is 11.3 Å². The molecule has 0 aliphatic carbocycles. The molecule has 2 aromatic rings. The molecular formula is C12H11N3O4. The van der Waals surface area contributed by atoms with Gasteiger partial charge < -0.3 is 9.67 Å². The van der Waals surface area contributed by atoms with E-state index in [0.29, 0.717) is 17.9 Å². The van der Waals surface area contributed by atoms with Crippen molar-refractivity contribution < 1.29 is 14.8 Å². The third-order valence-corrected chi connectivity index (χ3v) is 2.62. The number of hydrogen-bond donors (Lipinski definition) is 1. The molecule has 0 atom stereocenters. The molecule has 98 valence electrons. The highest BCUT2D eigenvalue weighted by Crippen LogP contribution is 2.21. The number of carboxylic acids is 1. The molecule has 0 fully saturated rings. The van der Waals surface area contributed by atoms with Crippen molar-refractivity contribution in [2.45, 2.75) is 13.0 Å². The minimum absolute atomic E-state index is 0.00363. The van der Waals surface area contributed by atoms with Gasteiger partial charge in [-0.1, -0.05) is 0 Å². The van der Waals surface area contributed by atoms with Crippen LogP contribution in [0.5, 0.6) is 0 Å². The van der Waals surface area contributed by atoms with Crippen LogP contribution in [0.3, 0.4) is 0 Å². The first-order valence-electron chi connectivity index (χ1n) is 5.55. The fourth-order valence-corrected chi connectivity index (χ4v) is 1.70. The monoisotopic (exact) mass is 261 g/mol. The maximum absolute atomic E-state index is 10.6. The predicted octanol–water partition coefficient (Wildman–Crippen LogP) is 1.93. The summed E-state index contributed by atoms with van der Waals surface area (Å²) in [4.78, 5) is 24.8. The molecule has 1 aromatic heterocycles. The van der Waals surface area contributed by atoms with Gasteiger partial charge >= 0.3 is 5.97 Å². The molecule has 0 unspecified atom stereocenters. The number of nitrogens with zero attached hydrogens (tertiary/aromatic N) is 3. The smallest absolute Gasteiger partial charge is 0.305 e. The lowest BCUT2D eigenvalue weighted by Crippen LogP contribution is -2.05. The zero-order valence-corrected chi connectivity index (χ0v) is 9.89. The number of carbonyl (C=O) groups is 1. The van der Waals surface area contributed by atoms with Crippen LogP contribution in [-0.2, 0) is 11.3 Å². The van der Waals surface area contributed by atoms with Crippen molar-refractivity contribution in [2.75, 3.05) is 0 Å². The number of nitro benzene ring substituents is 1. The van der Waals surface area contributed by atoms with Crippen LogP contribution in [0, 0.1) is 10.1 Å². The van der Waals surface area contributed by atoms with E-state index in [2.05, 4.69) is 4.98 Å². The van der Waals surface area contributed by atoms with Gasteiger partial charge in [-0.25, -0.2) is 4.98 Å². The first kappa shape index (κ1) is 12.7. The van der Waals surface area contributed by atoms with Crippen LogP contribution >= 0.6 is 0 Å². The largest absolute Gasteiger partial charge is 0.481 e. The molecule has 0 bridgehead atoms. The fourth-order valence-electron chi connectivity index (χ4n) is 1.70. The summed E-state index contributed by atoms with van der Waals surface area (Å²) in [5.74, 6) is -0.292. The van der Waals surface area contributed by atoms with Gasteiger partial charge in [-0.3, -0.25) is 14.9 Å². The van der Waals surface area contributed by atoms with Gasteiger partial charge in [0.1, 0.15) is 5.82 Å². The lowest BCUT2D eigenvalue weighted by atomic mass is 10.2. The van der Waals surface area contributed by atoms with E-state index >= 15 is 0 Å². The fraction of sp³-hybridized carbons (Fsp3) is 0.167. The number of non-ortho nitro benzene ring substituents is 1. The van der Waals surface area contributed by atoms with E-state index in [1.807, 2.05) is 0 Å². The number of benzene rings is 1. The van der Waals surface area contributed by atoms with Crippen molar-refractivity contribution in [3.8, 4) is 11.4 Å². The Morgan fingerprint density at radius 3 is 2.63 bits per heavy atom. The van der Waals surface area contributed by atoms with E-state index in [1.165, 1.54) is 12.1 Å². The summed E-state index contributed by atoms with van der Waals surface area (Å²) >= 11 is 0. The highest BCUT2D eigenvalue weighted by atomic mass is 16.6. The zero-order chi connectivity index (χ0) is 13.8. The number of hydrogen-bond acceptors (Lipinski definition) is 4. The van der Waals surface area contributed by atoms with Crippen LogP contribution in [-0.4, -0.2) is 25.6 Å². The quantitative estimate of drug-likeness (QED) is 0.655. The Bertz CT molecular complexity index is 604. The first-order valence-corrected chi connectivity index (χ1v) is 5.55. The molecule has 0 aliphatic heterocycles. The van der Waals surface area contributed by atoms with Crippen LogP contribution in [0.1, 0.15) is 6.42 Å². The summed E-state index contributed by atoms with van der Waals surface area (Å²) in [5.41, 5.74) is 0.716. The Morgan fingerprint density at radius 2 is 2.05 bits per heavy atom. The maximum Gasteiger partial charge on any atom is 0.305 e. The van der Waals surface area contributed by atoms with Crippen molar-refractivity contribution in [1.82, 2.24) is 9.55 Å². The third kappa shape index (κ3) is 2.95.